The molecular formula is C36H62N6O6S. The molecule has 0 spiro atoms. The van der Waals surface area contributed by atoms with Crippen molar-refractivity contribution < 1.29 is 28.1 Å². The maximum Gasteiger partial charge on any atom is 0.243 e. The van der Waals surface area contributed by atoms with Gasteiger partial charge in [0.2, 0.25) is 24.1 Å². The smallest absolute Gasteiger partial charge is 0.243 e. The summed E-state index contributed by atoms with van der Waals surface area (Å²) in [5, 5.41) is 5.24. The van der Waals surface area contributed by atoms with Crippen molar-refractivity contribution in [3.8, 4) is 24.5 Å². The number of hydrogen-bond donors (Lipinski definition) is 4. The number of aromatic nitrogens is 1. The first-order valence-electron chi connectivity index (χ1n) is 16.4. The third-order valence-electron chi connectivity index (χ3n) is 6.09. The lowest BCUT2D eigenvalue weighted by Gasteiger charge is -2.23. The SMILES string of the molecule is C#C.C=C.CC.CC(C)C.CN.COc1ccc2c(OC)nccc2c1.NCC(=O)N1CCC[C@H]1C(=O)NC1CC1.O=CNS(=O)C1CC1. The second-order valence-electron chi connectivity index (χ2n) is 10.6. The molecule has 1 aliphatic heterocycles. The Morgan fingerprint density at radius 2 is 1.63 bits per heavy atom. The number of pyridine rings is 1. The fraction of sp³-hybridized carbons (Fsp3) is 0.556. The third-order valence-corrected chi connectivity index (χ3v) is 7.50. The van der Waals surface area contributed by atoms with Crippen LogP contribution < -0.4 is 31.0 Å². The van der Waals surface area contributed by atoms with Crippen molar-refractivity contribution in [2.45, 2.75) is 90.5 Å². The molecule has 13 heteroatoms. The monoisotopic (exact) mass is 706 g/mol. The van der Waals surface area contributed by atoms with E-state index in [-0.39, 0.29) is 29.7 Å². The highest BCUT2D eigenvalue weighted by molar-refractivity contribution is 7.84. The fourth-order valence-corrected chi connectivity index (χ4v) is 4.68. The number of likely N-dealkylation sites (tertiary alicyclic amines) is 1. The van der Waals surface area contributed by atoms with Crippen LogP contribution in [0.25, 0.3) is 10.8 Å². The van der Waals surface area contributed by atoms with Gasteiger partial charge in [-0.3, -0.25) is 19.1 Å². The second kappa shape index (κ2) is 31.3. The summed E-state index contributed by atoms with van der Waals surface area (Å²) in [6.07, 6.45) is 16.0. The molecule has 2 saturated carbocycles. The highest BCUT2D eigenvalue weighted by atomic mass is 32.2. The average molecular weight is 707 g/mol. The summed E-state index contributed by atoms with van der Waals surface area (Å²) in [5.41, 5.74) is 9.80. The fourth-order valence-electron chi connectivity index (χ4n) is 3.82. The Balaban J connectivity index is -0.000000573. The summed E-state index contributed by atoms with van der Waals surface area (Å²) in [6.45, 7) is 17.2. The maximum absolute atomic E-state index is 11.8. The number of hydrogen-bond acceptors (Lipinski definition) is 9. The van der Waals surface area contributed by atoms with Gasteiger partial charge in [-0.15, -0.1) is 26.0 Å². The largest absolute Gasteiger partial charge is 0.497 e. The molecule has 0 radical (unpaired) electrons. The average Bonchev–Trinajstić information content (AvgIpc) is 4.09. The van der Waals surface area contributed by atoms with Crippen LogP contribution >= 0.6 is 0 Å². The number of ether oxygens (including phenoxy) is 2. The van der Waals surface area contributed by atoms with Crippen molar-refractivity contribution in [1.29, 1.82) is 0 Å². The first kappa shape index (κ1) is 49.4. The zero-order chi connectivity index (χ0) is 38.4. The number of methoxy groups -OCH3 is 2. The Bertz CT molecular complexity index is 1220. The minimum atomic E-state index is -1.08. The van der Waals surface area contributed by atoms with Crippen LogP contribution in [-0.4, -0.2) is 84.0 Å². The molecule has 1 aromatic carbocycles. The second-order valence-corrected chi connectivity index (χ2v) is 12.1. The molecule has 2 heterocycles. The normalized spacial score (nSPS) is 15.4. The summed E-state index contributed by atoms with van der Waals surface area (Å²) in [7, 11) is 3.69. The zero-order valence-electron chi connectivity index (χ0n) is 30.9. The lowest BCUT2D eigenvalue weighted by Crippen LogP contribution is -2.48. The summed E-state index contributed by atoms with van der Waals surface area (Å²) in [5.74, 6) is 2.19. The molecule has 12 nitrogen and oxygen atoms in total. The molecule has 49 heavy (non-hydrogen) atoms. The lowest BCUT2D eigenvalue weighted by molar-refractivity contribution is -0.137. The number of rotatable bonds is 8. The Labute approximate surface area is 297 Å². The van der Waals surface area contributed by atoms with E-state index < -0.39 is 11.0 Å². The predicted octanol–water partition coefficient (Wildman–Crippen LogP) is 4.34. The molecule has 3 aliphatic rings. The van der Waals surface area contributed by atoms with E-state index in [0.717, 1.165) is 61.0 Å². The molecule has 2 aromatic rings. The maximum atomic E-state index is 11.8. The van der Waals surface area contributed by atoms with E-state index in [0.29, 0.717) is 24.9 Å². The van der Waals surface area contributed by atoms with Gasteiger partial charge in [0.1, 0.15) is 22.8 Å². The van der Waals surface area contributed by atoms with Gasteiger partial charge in [0.05, 0.1) is 26.0 Å². The molecule has 278 valence electrons. The van der Waals surface area contributed by atoms with Gasteiger partial charge in [0.25, 0.3) is 0 Å². The van der Waals surface area contributed by atoms with Crippen LogP contribution in [0.2, 0.25) is 0 Å². The summed E-state index contributed by atoms with van der Waals surface area (Å²) in [6, 6.07) is 7.81. The number of fused-ring (bicyclic) bond motifs is 1. The van der Waals surface area contributed by atoms with Crippen LogP contribution in [0.1, 0.15) is 73.1 Å². The molecule has 3 fully saturated rings. The van der Waals surface area contributed by atoms with Crippen molar-refractivity contribution in [2.75, 3.05) is 34.4 Å². The quantitative estimate of drug-likeness (QED) is 0.177. The predicted molar refractivity (Wildman–Crippen MR) is 203 cm³/mol. The van der Waals surface area contributed by atoms with Crippen LogP contribution in [0, 0.1) is 18.8 Å². The standard InChI is InChI=1S/C11H11NO2.C10H17N3O2.C4H7NO2S.C4H10.C2H6.C2H4.C2H2.CH5N/c1-13-9-3-4-10-8(7-9)5-6-12-11(10)14-2;11-6-9(14)13-5-1-2-8(13)10(15)12-7-3-4-7;6-3-5-8(7)4-1-2-4;1-4(2)3;4*1-2/h3-7H,1-2H3;7-8H,1-6,11H2,(H,12,15);3-4H,1-2H2,(H,5,6);4H,1-3H3;1-2H3;1-2H2;1-2H;2H2,1H3/t;8-;;;;;;/m.0....../s1. The zero-order valence-corrected chi connectivity index (χ0v) is 31.7. The molecular weight excluding hydrogens is 644 g/mol. The highest BCUT2D eigenvalue weighted by Crippen LogP contribution is 2.26. The topological polar surface area (TPSA) is 179 Å². The molecule has 6 N–H and O–H groups in total. The Hall–Kier alpha value is -3.99. The number of terminal acetylenes is 1. The third kappa shape index (κ3) is 21.6. The van der Waals surface area contributed by atoms with Crippen molar-refractivity contribution in [3.05, 3.63) is 43.6 Å². The van der Waals surface area contributed by atoms with Crippen molar-refractivity contribution in [2.24, 2.45) is 17.4 Å². The number of nitrogens with zero attached hydrogens (tertiary/aromatic N) is 2. The van der Waals surface area contributed by atoms with E-state index >= 15 is 0 Å². The molecule has 5 rings (SSSR count). The Morgan fingerprint density at radius 1 is 1.06 bits per heavy atom. The summed E-state index contributed by atoms with van der Waals surface area (Å²) in [4.78, 5) is 38.6. The van der Waals surface area contributed by atoms with E-state index in [1.165, 1.54) is 7.05 Å². The molecule has 1 saturated heterocycles. The van der Waals surface area contributed by atoms with E-state index in [9.17, 15) is 18.6 Å². The number of nitrogens with one attached hydrogen (secondary N) is 2. The first-order chi connectivity index (χ1) is 23.6. The van der Waals surface area contributed by atoms with Crippen LogP contribution in [0.15, 0.2) is 43.6 Å². The number of nitrogens with two attached hydrogens (primary N) is 2. The van der Waals surface area contributed by atoms with Gasteiger partial charge in [0, 0.05) is 24.2 Å². The minimum absolute atomic E-state index is 0.00296. The molecule has 0 bridgehead atoms. The van der Waals surface area contributed by atoms with Gasteiger partial charge >= 0.3 is 0 Å². The molecule has 1 unspecified atom stereocenters. The van der Waals surface area contributed by atoms with E-state index in [1.54, 1.807) is 25.3 Å². The number of carbonyl (C=O) groups is 3. The van der Waals surface area contributed by atoms with Gasteiger partial charge in [-0.1, -0.05) is 34.6 Å². The molecule has 1 aromatic heterocycles. The Morgan fingerprint density at radius 3 is 2.08 bits per heavy atom. The van der Waals surface area contributed by atoms with E-state index in [4.69, 9.17) is 15.2 Å². The van der Waals surface area contributed by atoms with Gasteiger partial charge < -0.3 is 31.2 Å². The number of benzene rings is 1. The summed E-state index contributed by atoms with van der Waals surface area (Å²) < 4.78 is 23.1. The van der Waals surface area contributed by atoms with Gasteiger partial charge in [-0.2, -0.15) is 0 Å². The molecule has 2 atom stereocenters. The van der Waals surface area contributed by atoms with E-state index in [1.807, 2.05) is 38.1 Å². The highest BCUT2D eigenvalue weighted by Gasteiger charge is 2.35. The molecule has 3 amide bonds. The Kier molecular flexibility index (Phi) is 31.5. The summed E-state index contributed by atoms with van der Waals surface area (Å²) >= 11 is 0. The minimum Gasteiger partial charge on any atom is -0.497 e. The van der Waals surface area contributed by atoms with Gasteiger partial charge in [-0.25, -0.2) is 9.19 Å². The van der Waals surface area contributed by atoms with Gasteiger partial charge in [0.15, 0.2) is 0 Å². The van der Waals surface area contributed by atoms with Crippen molar-refractivity contribution >= 4 is 40.0 Å². The van der Waals surface area contributed by atoms with E-state index in [2.05, 4.69) is 67.5 Å². The first-order valence-corrected chi connectivity index (χ1v) is 17.6. The van der Waals surface area contributed by atoms with Crippen LogP contribution in [-0.2, 0) is 25.4 Å². The number of carbonyl (C=O) groups excluding carboxylic acids is 3. The van der Waals surface area contributed by atoms with Crippen LogP contribution in [0.4, 0.5) is 0 Å². The molecule has 2 aliphatic carbocycles. The van der Waals surface area contributed by atoms with Crippen LogP contribution in [0.3, 0.4) is 0 Å². The van der Waals surface area contributed by atoms with Crippen molar-refractivity contribution in [1.82, 2.24) is 19.9 Å². The van der Waals surface area contributed by atoms with Crippen molar-refractivity contribution in [3.63, 3.8) is 0 Å². The lowest BCUT2D eigenvalue weighted by atomic mass is 10.1. The van der Waals surface area contributed by atoms with Gasteiger partial charge in [-0.05, 0) is 81.1 Å². The number of amides is 3. The van der Waals surface area contributed by atoms with Crippen LogP contribution in [0.5, 0.6) is 11.6 Å².